The Bertz CT molecular complexity index is 534. The maximum absolute atomic E-state index is 11.5. The van der Waals surface area contributed by atoms with Gasteiger partial charge in [0.15, 0.2) is 6.54 Å². The number of nitrogens with one attached hydrogen (secondary N) is 1. The lowest BCUT2D eigenvalue weighted by Crippen LogP contribution is -3.19. The molecule has 0 saturated carbocycles. The van der Waals surface area contributed by atoms with E-state index < -0.39 is 33.4 Å². The molecule has 3 atom stereocenters. The first-order valence-electron chi connectivity index (χ1n) is 6.31. The van der Waals surface area contributed by atoms with E-state index in [1.54, 1.807) is 0 Å². The molecule has 1 heterocycles. The summed E-state index contributed by atoms with van der Waals surface area (Å²) in [5.74, 6) is -1.19. The van der Waals surface area contributed by atoms with Crippen molar-refractivity contribution >= 4 is 5.97 Å². The number of hydrogen-bond acceptors (Lipinski definition) is 7. The highest BCUT2D eigenvalue weighted by Gasteiger charge is 2.67. The Hall–Kier alpha value is -2.23. The minimum absolute atomic E-state index is 0.0807. The lowest BCUT2D eigenvalue weighted by atomic mass is 9.71. The van der Waals surface area contributed by atoms with Crippen molar-refractivity contribution in [3.63, 3.8) is 0 Å². The smallest absolute Gasteiger partial charge is 0.298 e. The summed E-state index contributed by atoms with van der Waals surface area (Å²) < 4.78 is 5.01. The van der Waals surface area contributed by atoms with Crippen LogP contribution in [0.25, 0.3) is 0 Å². The van der Waals surface area contributed by atoms with E-state index in [1.807, 2.05) is 0 Å². The summed E-state index contributed by atoms with van der Waals surface area (Å²) in [6, 6.07) is 0. The molecule has 1 N–H and O–H groups in total. The molecular weight excluding hydrogens is 286 g/mol. The van der Waals surface area contributed by atoms with E-state index in [0.29, 0.717) is 0 Å². The number of nitro groups is 2. The molecule has 2 bridgehead atoms. The summed E-state index contributed by atoms with van der Waals surface area (Å²) >= 11 is 0. The third-order valence-corrected chi connectivity index (χ3v) is 4.11. The monoisotopic (exact) mass is 301 g/mol. The number of carbonyl (C=O) groups excluding carboxylic acids is 1. The van der Waals surface area contributed by atoms with E-state index in [0.717, 1.165) is 0 Å². The average Bonchev–Trinajstić information content (AvgIpc) is 2.36. The maximum Gasteiger partial charge on any atom is 0.298 e. The fourth-order valence-electron chi connectivity index (χ4n) is 3.39. The van der Waals surface area contributed by atoms with Gasteiger partial charge in [-0.05, 0) is 0 Å². The Morgan fingerprint density at radius 3 is 2.52 bits per heavy atom. The van der Waals surface area contributed by atoms with Gasteiger partial charge in [-0.1, -0.05) is 0 Å². The summed E-state index contributed by atoms with van der Waals surface area (Å²) in [7, 11) is 1.31. The van der Waals surface area contributed by atoms with Crippen LogP contribution in [0.2, 0.25) is 0 Å². The summed E-state index contributed by atoms with van der Waals surface area (Å²) in [5, 5.41) is 33.7. The lowest BCUT2D eigenvalue weighted by molar-refractivity contribution is -0.938. The van der Waals surface area contributed by atoms with E-state index in [9.17, 15) is 30.1 Å². The first-order chi connectivity index (χ1) is 9.73. The quantitative estimate of drug-likeness (QED) is 0.421. The molecule has 0 aromatic rings. The Kier molecular flexibility index (Phi) is 3.58. The molecule has 1 aliphatic carbocycles. The highest BCUT2D eigenvalue weighted by atomic mass is 16.6. The normalized spacial score (nSPS) is 34.7. The van der Waals surface area contributed by atoms with Crippen molar-refractivity contribution in [1.82, 2.24) is 0 Å². The predicted molar refractivity (Wildman–Crippen MR) is 64.3 cm³/mol. The molecule has 10 heteroatoms. The van der Waals surface area contributed by atoms with Gasteiger partial charge in [-0.3, -0.25) is 20.2 Å². The first-order valence-corrected chi connectivity index (χ1v) is 6.31. The van der Waals surface area contributed by atoms with E-state index >= 15 is 0 Å². The van der Waals surface area contributed by atoms with Gasteiger partial charge in [0.1, 0.15) is 25.3 Å². The Balaban J connectivity index is 2.48. The Morgan fingerprint density at radius 2 is 2.05 bits per heavy atom. The lowest BCUT2D eigenvalue weighted by Gasteiger charge is -2.42. The number of nitrogens with zero attached hydrogens (tertiary/aromatic N) is 2. The number of likely N-dealkylation sites (tertiary alicyclic amines) is 1. The minimum atomic E-state index is -1.68. The Morgan fingerprint density at radius 1 is 1.38 bits per heavy atom. The predicted octanol–water partition coefficient (Wildman–Crippen LogP) is -3.01. The van der Waals surface area contributed by atoms with E-state index in [-0.39, 0.29) is 36.6 Å². The molecule has 10 nitrogen and oxygen atoms in total. The van der Waals surface area contributed by atoms with Gasteiger partial charge in [0.25, 0.3) is 11.1 Å². The number of aliphatic carboxylic acids is 1. The van der Waals surface area contributed by atoms with Gasteiger partial charge in [0.05, 0.1) is 19.5 Å². The molecule has 116 valence electrons. The molecule has 0 aromatic carbocycles. The molecule has 0 aromatic heterocycles. The summed E-state index contributed by atoms with van der Waals surface area (Å²) in [6.45, 7) is -0.748. The Labute approximate surface area is 119 Å². The SMILES string of the molecule is COC1=C[C@@]2([N+](=O)[O-])C[NH+](CC(=O)[O-])C[C@]([N+](=O)[O-])(C1)C2. The van der Waals surface area contributed by atoms with E-state index in [2.05, 4.69) is 0 Å². The van der Waals surface area contributed by atoms with Crippen LogP contribution in [0, 0.1) is 20.2 Å². The number of quaternary nitrogens is 1. The molecular formula is C11H15N3O7. The van der Waals surface area contributed by atoms with Gasteiger partial charge in [-0.15, -0.1) is 0 Å². The molecule has 1 aliphatic heterocycles. The number of piperidine rings is 1. The van der Waals surface area contributed by atoms with Gasteiger partial charge in [-0.2, -0.15) is 0 Å². The van der Waals surface area contributed by atoms with Crippen LogP contribution >= 0.6 is 0 Å². The second-order valence-corrected chi connectivity index (χ2v) is 5.66. The summed E-state index contributed by atoms with van der Waals surface area (Å²) in [5.41, 5.74) is -3.27. The second-order valence-electron chi connectivity index (χ2n) is 5.66. The molecule has 1 saturated heterocycles. The van der Waals surface area contributed by atoms with Crippen LogP contribution in [-0.4, -0.2) is 53.6 Å². The molecule has 2 aliphatic rings. The van der Waals surface area contributed by atoms with Crippen molar-refractivity contribution in [2.75, 3.05) is 26.7 Å². The summed E-state index contributed by atoms with van der Waals surface area (Å²) in [4.78, 5) is 32.8. The van der Waals surface area contributed by atoms with Crippen molar-refractivity contribution in [2.45, 2.75) is 23.9 Å². The number of fused-ring (bicyclic) bond motifs is 2. The van der Waals surface area contributed by atoms with Crippen molar-refractivity contribution in [3.05, 3.63) is 32.1 Å². The number of ether oxygens (including phenoxy) is 1. The zero-order valence-electron chi connectivity index (χ0n) is 11.4. The highest BCUT2D eigenvalue weighted by molar-refractivity contribution is 5.65. The number of carboxylic acids is 1. The first kappa shape index (κ1) is 15.2. The number of methoxy groups -OCH3 is 1. The van der Waals surface area contributed by atoms with Crippen LogP contribution in [0.4, 0.5) is 0 Å². The van der Waals surface area contributed by atoms with Gasteiger partial charge >= 0.3 is 0 Å². The minimum Gasteiger partial charge on any atom is -0.544 e. The standard InChI is InChI=1S/C11H15N3O7/c1-21-8-2-10(13(17)18)5-11(3-8,14(19)20)7-12(6-10)4-9(15)16/h2H,3-7H2,1H3,(H,15,16)/t10-,11-/m0/s1. The third kappa shape index (κ3) is 2.53. The van der Waals surface area contributed by atoms with Crippen LogP contribution in [0.1, 0.15) is 12.8 Å². The van der Waals surface area contributed by atoms with Crippen molar-refractivity contribution in [1.29, 1.82) is 0 Å². The third-order valence-electron chi connectivity index (χ3n) is 4.11. The van der Waals surface area contributed by atoms with Crippen LogP contribution in [0.15, 0.2) is 11.8 Å². The van der Waals surface area contributed by atoms with Crippen molar-refractivity contribution < 1.29 is 29.4 Å². The molecule has 0 radical (unpaired) electrons. The molecule has 0 spiro atoms. The van der Waals surface area contributed by atoms with Crippen LogP contribution in [0.3, 0.4) is 0 Å². The number of hydrogen-bond donors (Lipinski definition) is 1. The second kappa shape index (κ2) is 4.95. The topological polar surface area (TPSA) is 140 Å². The maximum atomic E-state index is 11.5. The zero-order chi connectivity index (χ0) is 15.8. The van der Waals surface area contributed by atoms with Crippen molar-refractivity contribution in [3.8, 4) is 0 Å². The van der Waals surface area contributed by atoms with Crippen LogP contribution in [-0.2, 0) is 9.53 Å². The molecule has 2 rings (SSSR count). The fourth-order valence-corrected chi connectivity index (χ4v) is 3.39. The largest absolute Gasteiger partial charge is 0.544 e. The number of carbonyl (C=O) groups is 1. The summed E-state index contributed by atoms with van der Waals surface area (Å²) in [6.07, 6.45) is 0.940. The van der Waals surface area contributed by atoms with Crippen LogP contribution < -0.4 is 10.0 Å². The van der Waals surface area contributed by atoms with Gasteiger partial charge < -0.3 is 19.5 Å². The highest BCUT2D eigenvalue weighted by Crippen LogP contribution is 2.39. The van der Waals surface area contributed by atoms with Crippen molar-refractivity contribution in [2.24, 2.45) is 0 Å². The van der Waals surface area contributed by atoms with Gasteiger partial charge in [-0.25, -0.2) is 0 Å². The molecule has 1 fully saturated rings. The van der Waals surface area contributed by atoms with E-state index in [1.165, 1.54) is 13.2 Å². The molecule has 21 heavy (non-hydrogen) atoms. The zero-order valence-corrected chi connectivity index (χ0v) is 11.4. The van der Waals surface area contributed by atoms with Crippen LogP contribution in [0.5, 0.6) is 0 Å². The fraction of sp³-hybridized carbons (Fsp3) is 0.727. The molecule has 1 unspecified atom stereocenters. The number of carboxylic acid groups (broad SMARTS) is 1. The van der Waals surface area contributed by atoms with E-state index in [4.69, 9.17) is 4.74 Å². The molecule has 0 amide bonds. The average molecular weight is 301 g/mol. The van der Waals surface area contributed by atoms with Gasteiger partial charge in [0, 0.05) is 15.9 Å². The number of rotatable bonds is 5. The van der Waals surface area contributed by atoms with Gasteiger partial charge in [0.2, 0.25) is 0 Å².